The minimum atomic E-state index is -0.744. The summed E-state index contributed by atoms with van der Waals surface area (Å²) in [5.74, 6) is -0.0812. The van der Waals surface area contributed by atoms with Crippen LogP contribution >= 0.6 is 12.2 Å². The number of carbonyl (C=O) groups is 1. The van der Waals surface area contributed by atoms with Crippen molar-refractivity contribution in [2.45, 2.75) is 19.3 Å². The minimum Gasteiger partial charge on any atom is -0.392 e. The van der Waals surface area contributed by atoms with Gasteiger partial charge in [0.05, 0.1) is 4.99 Å². The van der Waals surface area contributed by atoms with E-state index in [0.29, 0.717) is 32.6 Å². The molecule has 2 heterocycles. The lowest BCUT2D eigenvalue weighted by Gasteiger charge is -2.34. The summed E-state index contributed by atoms with van der Waals surface area (Å²) in [5, 5.41) is 2.94. The van der Waals surface area contributed by atoms with E-state index in [-0.39, 0.29) is 10.9 Å². The summed E-state index contributed by atoms with van der Waals surface area (Å²) in [7, 11) is 0. The number of hydrogen-bond acceptors (Lipinski definition) is 4. The molecule has 1 fully saturated rings. The fourth-order valence-electron chi connectivity index (χ4n) is 2.34. The van der Waals surface area contributed by atoms with E-state index in [0.717, 1.165) is 12.0 Å². The molecule has 0 aliphatic carbocycles. The van der Waals surface area contributed by atoms with Crippen LogP contribution in [0.4, 0.5) is 0 Å². The molecule has 0 atom stereocenters. The Morgan fingerprint density at radius 2 is 2.05 bits per heavy atom. The highest BCUT2D eigenvalue weighted by molar-refractivity contribution is 7.80. The maximum absolute atomic E-state index is 12.4. The molecule has 0 unspecified atom stereocenters. The highest BCUT2D eigenvalue weighted by atomic mass is 32.1. The normalized spacial score (nSPS) is 17.4. The Labute approximate surface area is 123 Å². The highest BCUT2D eigenvalue weighted by Gasteiger charge is 2.42. The Bertz CT molecular complexity index is 473. The van der Waals surface area contributed by atoms with Crippen LogP contribution in [0.3, 0.4) is 0 Å². The monoisotopic (exact) mass is 293 g/mol. The Morgan fingerprint density at radius 1 is 1.40 bits per heavy atom. The van der Waals surface area contributed by atoms with Crippen molar-refractivity contribution in [3.63, 3.8) is 0 Å². The molecule has 0 radical (unpaired) electrons. The largest absolute Gasteiger partial charge is 0.392 e. The predicted molar refractivity (Wildman–Crippen MR) is 80.2 cm³/mol. The number of aromatic nitrogens is 1. The molecule has 0 aromatic carbocycles. The second kappa shape index (κ2) is 6.76. The van der Waals surface area contributed by atoms with Crippen molar-refractivity contribution in [2.24, 2.45) is 11.1 Å². The Balaban J connectivity index is 1.91. The van der Waals surface area contributed by atoms with E-state index < -0.39 is 5.41 Å². The number of pyridine rings is 1. The molecule has 20 heavy (non-hydrogen) atoms. The second-order valence-corrected chi connectivity index (χ2v) is 5.36. The van der Waals surface area contributed by atoms with Crippen molar-refractivity contribution in [1.82, 2.24) is 10.3 Å². The van der Waals surface area contributed by atoms with Gasteiger partial charge in [0, 0.05) is 32.2 Å². The van der Waals surface area contributed by atoms with Gasteiger partial charge in [-0.15, -0.1) is 0 Å². The van der Waals surface area contributed by atoms with Gasteiger partial charge in [0.25, 0.3) is 0 Å². The average molecular weight is 293 g/mol. The molecule has 1 aliphatic heterocycles. The number of nitrogens with two attached hydrogens (primary N) is 1. The van der Waals surface area contributed by atoms with E-state index in [2.05, 4.69) is 10.3 Å². The molecule has 108 valence electrons. The SMILES string of the molecule is NC(=S)C1(C(=O)NCCc2ccncc2)CCOCC1. The van der Waals surface area contributed by atoms with Crippen LogP contribution in [-0.2, 0) is 16.0 Å². The molecule has 0 bridgehead atoms. The third kappa shape index (κ3) is 3.32. The second-order valence-electron chi connectivity index (χ2n) is 4.92. The molecule has 1 amide bonds. The topological polar surface area (TPSA) is 77.2 Å². The summed E-state index contributed by atoms with van der Waals surface area (Å²) >= 11 is 5.10. The van der Waals surface area contributed by atoms with Crippen molar-refractivity contribution >= 4 is 23.1 Å². The van der Waals surface area contributed by atoms with Crippen LogP contribution in [0.15, 0.2) is 24.5 Å². The zero-order chi connectivity index (χ0) is 14.4. The van der Waals surface area contributed by atoms with Gasteiger partial charge in [-0.3, -0.25) is 9.78 Å². The number of hydrogen-bond donors (Lipinski definition) is 2. The summed E-state index contributed by atoms with van der Waals surface area (Å²) < 4.78 is 5.30. The summed E-state index contributed by atoms with van der Waals surface area (Å²) in [4.78, 5) is 16.6. The molecule has 3 N–H and O–H groups in total. The van der Waals surface area contributed by atoms with Crippen LogP contribution in [0.5, 0.6) is 0 Å². The highest BCUT2D eigenvalue weighted by Crippen LogP contribution is 2.31. The molecule has 6 heteroatoms. The lowest BCUT2D eigenvalue weighted by Crippen LogP contribution is -2.52. The van der Waals surface area contributed by atoms with Crippen molar-refractivity contribution < 1.29 is 9.53 Å². The summed E-state index contributed by atoms with van der Waals surface area (Å²) in [6, 6.07) is 3.87. The minimum absolute atomic E-state index is 0.0812. The summed E-state index contributed by atoms with van der Waals surface area (Å²) in [6.07, 6.45) is 5.36. The Hall–Kier alpha value is -1.53. The molecule has 1 aliphatic rings. The molecule has 5 nitrogen and oxygen atoms in total. The van der Waals surface area contributed by atoms with Crippen LogP contribution in [0.1, 0.15) is 18.4 Å². The first-order chi connectivity index (χ1) is 9.65. The zero-order valence-electron chi connectivity index (χ0n) is 11.3. The van der Waals surface area contributed by atoms with E-state index in [4.69, 9.17) is 22.7 Å². The molecule has 1 aromatic heterocycles. The third-order valence-corrected chi connectivity index (χ3v) is 4.09. The maximum Gasteiger partial charge on any atom is 0.233 e. The van der Waals surface area contributed by atoms with Gasteiger partial charge in [-0.1, -0.05) is 12.2 Å². The lowest BCUT2D eigenvalue weighted by atomic mass is 9.79. The van der Waals surface area contributed by atoms with E-state index in [9.17, 15) is 4.79 Å². The van der Waals surface area contributed by atoms with Crippen molar-refractivity contribution in [2.75, 3.05) is 19.8 Å². The van der Waals surface area contributed by atoms with E-state index in [1.54, 1.807) is 12.4 Å². The molecular formula is C14H19N3O2S. The van der Waals surface area contributed by atoms with E-state index in [1.165, 1.54) is 0 Å². The Morgan fingerprint density at radius 3 is 2.65 bits per heavy atom. The van der Waals surface area contributed by atoms with Crippen molar-refractivity contribution in [1.29, 1.82) is 0 Å². The number of carbonyl (C=O) groups excluding carboxylic acids is 1. The molecule has 2 rings (SSSR count). The molecule has 0 saturated carbocycles. The van der Waals surface area contributed by atoms with Gasteiger partial charge in [0.1, 0.15) is 5.41 Å². The number of rotatable bonds is 5. The quantitative estimate of drug-likeness (QED) is 0.786. The van der Waals surface area contributed by atoms with Crippen LogP contribution < -0.4 is 11.1 Å². The summed E-state index contributed by atoms with van der Waals surface area (Å²) in [6.45, 7) is 1.61. The van der Waals surface area contributed by atoms with Gasteiger partial charge < -0.3 is 15.8 Å². The van der Waals surface area contributed by atoms with Crippen molar-refractivity contribution in [3.8, 4) is 0 Å². The van der Waals surface area contributed by atoms with Gasteiger partial charge in [-0.2, -0.15) is 0 Å². The molecule has 1 aromatic rings. The van der Waals surface area contributed by atoms with Crippen LogP contribution in [0.25, 0.3) is 0 Å². The van der Waals surface area contributed by atoms with E-state index in [1.807, 2.05) is 12.1 Å². The smallest absolute Gasteiger partial charge is 0.233 e. The first kappa shape index (κ1) is 14.9. The van der Waals surface area contributed by atoms with Gasteiger partial charge in [0.2, 0.25) is 5.91 Å². The number of thiocarbonyl (C=S) groups is 1. The number of nitrogens with zero attached hydrogens (tertiary/aromatic N) is 1. The van der Waals surface area contributed by atoms with Gasteiger partial charge in [0.15, 0.2) is 0 Å². The lowest BCUT2D eigenvalue weighted by molar-refractivity contribution is -0.131. The van der Waals surface area contributed by atoms with Gasteiger partial charge >= 0.3 is 0 Å². The number of ether oxygens (including phenoxy) is 1. The third-order valence-electron chi connectivity index (χ3n) is 3.70. The zero-order valence-corrected chi connectivity index (χ0v) is 12.1. The van der Waals surface area contributed by atoms with Crippen molar-refractivity contribution in [3.05, 3.63) is 30.1 Å². The van der Waals surface area contributed by atoms with Gasteiger partial charge in [-0.25, -0.2) is 0 Å². The first-order valence-corrected chi connectivity index (χ1v) is 7.11. The fourth-order valence-corrected chi connectivity index (χ4v) is 2.64. The molecule has 1 saturated heterocycles. The van der Waals surface area contributed by atoms with Crippen LogP contribution in [0, 0.1) is 5.41 Å². The summed E-state index contributed by atoms with van der Waals surface area (Å²) in [5.41, 5.74) is 6.18. The molecule has 0 spiro atoms. The standard InChI is InChI=1S/C14H19N3O2S/c15-12(20)14(4-9-19-10-5-14)13(18)17-8-3-11-1-6-16-7-2-11/h1-2,6-7H,3-5,8-10H2,(H2,15,20)(H,17,18). The Kier molecular flexibility index (Phi) is 5.03. The number of nitrogens with one attached hydrogen (secondary N) is 1. The van der Waals surface area contributed by atoms with Crippen LogP contribution in [0.2, 0.25) is 0 Å². The first-order valence-electron chi connectivity index (χ1n) is 6.70. The molecular weight excluding hydrogens is 274 g/mol. The average Bonchev–Trinajstić information content (AvgIpc) is 2.48. The maximum atomic E-state index is 12.4. The van der Waals surface area contributed by atoms with Gasteiger partial charge in [-0.05, 0) is 37.0 Å². The van der Waals surface area contributed by atoms with E-state index >= 15 is 0 Å². The number of amides is 1. The predicted octanol–water partition coefficient (Wildman–Crippen LogP) is 0.823. The fraction of sp³-hybridized carbons (Fsp3) is 0.500. The van der Waals surface area contributed by atoms with Crippen LogP contribution in [-0.4, -0.2) is 35.6 Å².